The number of ether oxygens (including phenoxy) is 2. The van der Waals surface area contributed by atoms with E-state index in [0.29, 0.717) is 13.1 Å². The van der Waals surface area contributed by atoms with E-state index in [9.17, 15) is 9.59 Å². The van der Waals surface area contributed by atoms with E-state index < -0.39 is 29.0 Å². The number of aliphatic imine (C=N–C) groups is 1. The minimum Gasteiger partial charge on any atom is -0.452 e. The second kappa shape index (κ2) is 9.65. The number of esters is 2. The fraction of sp³-hybridized carbons (Fsp3) is 0.667. The molecule has 0 aromatic carbocycles. The molecule has 0 atom stereocenters. The van der Waals surface area contributed by atoms with Crippen molar-refractivity contribution in [2.75, 3.05) is 32.7 Å². The molecule has 0 saturated carbocycles. The summed E-state index contributed by atoms with van der Waals surface area (Å²) in [6, 6.07) is 0. The molecule has 0 unspecified atom stereocenters. The van der Waals surface area contributed by atoms with Gasteiger partial charge in [-0.1, -0.05) is 11.6 Å². The van der Waals surface area contributed by atoms with Gasteiger partial charge in [0.1, 0.15) is 11.2 Å². The zero-order valence-corrected chi connectivity index (χ0v) is 17.1. The van der Waals surface area contributed by atoms with E-state index in [2.05, 4.69) is 16.0 Å². The molecule has 1 aliphatic heterocycles. The SMILES string of the molecule is CC(C)(CN=C(N)C(=O)OC(C)(C)CN1CC=C(CCN)C1)OC(=O)C(=N)N. The number of amidine groups is 2. The number of nitrogens with zero attached hydrogens (tertiary/aromatic N) is 2. The maximum Gasteiger partial charge on any atom is 0.373 e. The Balaban J connectivity index is 2.56. The highest BCUT2D eigenvalue weighted by atomic mass is 16.6. The van der Waals surface area contributed by atoms with Crippen molar-refractivity contribution >= 4 is 23.6 Å². The van der Waals surface area contributed by atoms with E-state index in [0.717, 1.165) is 19.5 Å². The van der Waals surface area contributed by atoms with Crippen LogP contribution in [0.3, 0.4) is 0 Å². The number of hydrogen-bond donors (Lipinski definition) is 4. The summed E-state index contributed by atoms with van der Waals surface area (Å²) in [5, 5.41) is 7.05. The summed E-state index contributed by atoms with van der Waals surface area (Å²) in [5.41, 5.74) is 15.8. The van der Waals surface area contributed by atoms with Crippen LogP contribution in [0.15, 0.2) is 16.6 Å². The zero-order valence-electron chi connectivity index (χ0n) is 17.1. The Morgan fingerprint density at radius 1 is 1.18 bits per heavy atom. The van der Waals surface area contributed by atoms with Crippen LogP contribution in [-0.2, 0) is 19.1 Å². The summed E-state index contributed by atoms with van der Waals surface area (Å²) in [5.74, 6) is -2.73. The number of rotatable bonds is 8. The maximum absolute atomic E-state index is 12.3. The van der Waals surface area contributed by atoms with Gasteiger partial charge in [-0.3, -0.25) is 15.3 Å². The molecule has 0 aromatic heterocycles. The van der Waals surface area contributed by atoms with Crippen molar-refractivity contribution in [3.05, 3.63) is 11.6 Å². The quantitative estimate of drug-likeness (QED) is 0.184. The third kappa shape index (κ3) is 8.05. The molecular formula is C18H32N6O4. The van der Waals surface area contributed by atoms with Crippen LogP contribution >= 0.6 is 0 Å². The van der Waals surface area contributed by atoms with Crippen LogP contribution < -0.4 is 17.2 Å². The largest absolute Gasteiger partial charge is 0.452 e. The highest BCUT2D eigenvalue weighted by molar-refractivity contribution is 6.35. The van der Waals surface area contributed by atoms with E-state index in [1.165, 1.54) is 5.57 Å². The number of carbonyl (C=O) groups excluding carboxylic acids is 2. The first-order valence-corrected chi connectivity index (χ1v) is 9.06. The first-order valence-electron chi connectivity index (χ1n) is 9.06. The van der Waals surface area contributed by atoms with Crippen LogP contribution in [0, 0.1) is 5.41 Å². The smallest absolute Gasteiger partial charge is 0.373 e. The van der Waals surface area contributed by atoms with Gasteiger partial charge in [0.25, 0.3) is 0 Å². The highest BCUT2D eigenvalue weighted by Gasteiger charge is 2.30. The van der Waals surface area contributed by atoms with Gasteiger partial charge in [0.15, 0.2) is 0 Å². The molecule has 0 amide bonds. The second-order valence-corrected chi connectivity index (χ2v) is 7.98. The van der Waals surface area contributed by atoms with Crippen molar-refractivity contribution in [3.63, 3.8) is 0 Å². The molecule has 1 rings (SSSR count). The van der Waals surface area contributed by atoms with Crippen LogP contribution in [0.4, 0.5) is 0 Å². The molecule has 1 heterocycles. The van der Waals surface area contributed by atoms with Gasteiger partial charge in [-0.05, 0) is 40.7 Å². The topological polar surface area (TPSA) is 170 Å². The van der Waals surface area contributed by atoms with Crippen LogP contribution in [0.25, 0.3) is 0 Å². The summed E-state index contributed by atoms with van der Waals surface area (Å²) >= 11 is 0. The van der Waals surface area contributed by atoms with Gasteiger partial charge in [-0.15, -0.1) is 0 Å². The highest BCUT2D eigenvalue weighted by Crippen LogP contribution is 2.18. The van der Waals surface area contributed by atoms with Gasteiger partial charge in [0.05, 0.1) is 6.54 Å². The van der Waals surface area contributed by atoms with Crippen molar-refractivity contribution in [2.24, 2.45) is 22.2 Å². The fourth-order valence-electron chi connectivity index (χ4n) is 2.71. The third-order valence-electron chi connectivity index (χ3n) is 3.93. The Labute approximate surface area is 165 Å². The van der Waals surface area contributed by atoms with Crippen LogP contribution in [-0.4, -0.2) is 72.4 Å². The van der Waals surface area contributed by atoms with Gasteiger partial charge in [0.2, 0.25) is 11.7 Å². The molecule has 158 valence electrons. The van der Waals surface area contributed by atoms with Gasteiger partial charge in [0, 0.05) is 19.6 Å². The van der Waals surface area contributed by atoms with E-state index in [1.54, 1.807) is 27.7 Å². The first kappa shape index (κ1) is 23.6. The average Bonchev–Trinajstić information content (AvgIpc) is 2.98. The maximum atomic E-state index is 12.3. The molecule has 0 bridgehead atoms. The van der Waals surface area contributed by atoms with E-state index in [1.807, 2.05) is 0 Å². The molecule has 0 aromatic rings. The third-order valence-corrected chi connectivity index (χ3v) is 3.93. The van der Waals surface area contributed by atoms with Gasteiger partial charge < -0.3 is 26.7 Å². The molecule has 10 nitrogen and oxygen atoms in total. The molecule has 7 N–H and O–H groups in total. The van der Waals surface area contributed by atoms with E-state index >= 15 is 0 Å². The minimum atomic E-state index is -1.08. The number of nitrogens with two attached hydrogens (primary N) is 3. The van der Waals surface area contributed by atoms with Gasteiger partial charge in [-0.25, -0.2) is 9.59 Å². The lowest BCUT2D eigenvalue weighted by Gasteiger charge is -2.30. The second-order valence-electron chi connectivity index (χ2n) is 7.98. The predicted molar refractivity (Wildman–Crippen MR) is 107 cm³/mol. The monoisotopic (exact) mass is 396 g/mol. The lowest BCUT2D eigenvalue weighted by Crippen LogP contribution is -2.44. The molecule has 0 radical (unpaired) electrons. The Bertz CT molecular complexity index is 669. The lowest BCUT2D eigenvalue weighted by molar-refractivity contribution is -0.149. The zero-order chi connectivity index (χ0) is 21.5. The average molecular weight is 396 g/mol. The summed E-state index contributed by atoms with van der Waals surface area (Å²) < 4.78 is 10.5. The number of nitrogens with one attached hydrogen (secondary N) is 1. The summed E-state index contributed by atoms with van der Waals surface area (Å²) in [6.07, 6.45) is 3.01. The summed E-state index contributed by atoms with van der Waals surface area (Å²) in [6.45, 7) is 9.41. The molecule has 28 heavy (non-hydrogen) atoms. The molecule has 0 fully saturated rings. The Morgan fingerprint density at radius 2 is 1.79 bits per heavy atom. The van der Waals surface area contributed by atoms with Crippen molar-refractivity contribution in [1.29, 1.82) is 5.41 Å². The van der Waals surface area contributed by atoms with E-state index in [-0.39, 0.29) is 12.4 Å². The fourth-order valence-corrected chi connectivity index (χ4v) is 2.71. The first-order chi connectivity index (χ1) is 12.8. The van der Waals surface area contributed by atoms with Crippen LogP contribution in [0.5, 0.6) is 0 Å². The standard InChI is InChI=1S/C18H32N6O4/c1-17(2,27-15(25)13(20)21)10-23-14(22)16(26)28-18(3,4)11-24-8-6-12(9-24)5-7-19/h6H,5,7-11,19H2,1-4H3,(H3,20,21)(H2,22,23). The number of carbonyl (C=O) groups is 2. The normalized spacial score (nSPS) is 15.9. The molecule has 0 spiro atoms. The van der Waals surface area contributed by atoms with Crippen molar-refractivity contribution in [3.8, 4) is 0 Å². The minimum absolute atomic E-state index is 0.0775. The number of hydrogen-bond acceptors (Lipinski definition) is 8. The van der Waals surface area contributed by atoms with Crippen molar-refractivity contribution in [1.82, 2.24) is 4.90 Å². The van der Waals surface area contributed by atoms with Gasteiger partial charge in [-0.2, -0.15) is 0 Å². The molecule has 1 aliphatic rings. The molecule has 10 heteroatoms. The molecule has 0 saturated heterocycles. The Kier molecular flexibility index (Phi) is 8.13. The van der Waals surface area contributed by atoms with E-state index in [4.69, 9.17) is 32.1 Å². The predicted octanol–water partition coefficient (Wildman–Crippen LogP) is -0.486. The molecular weight excluding hydrogens is 364 g/mol. The van der Waals surface area contributed by atoms with Crippen molar-refractivity contribution < 1.29 is 19.1 Å². The summed E-state index contributed by atoms with van der Waals surface area (Å²) in [4.78, 5) is 29.8. The van der Waals surface area contributed by atoms with Crippen LogP contribution in [0.1, 0.15) is 34.1 Å². The molecule has 0 aliphatic carbocycles. The van der Waals surface area contributed by atoms with Crippen LogP contribution in [0.2, 0.25) is 0 Å². The Hall–Kier alpha value is -2.46. The van der Waals surface area contributed by atoms with Crippen molar-refractivity contribution in [2.45, 2.75) is 45.3 Å². The Morgan fingerprint density at radius 3 is 2.36 bits per heavy atom. The summed E-state index contributed by atoms with van der Waals surface area (Å²) in [7, 11) is 0. The van der Waals surface area contributed by atoms with Gasteiger partial charge >= 0.3 is 11.9 Å². The lowest BCUT2D eigenvalue weighted by atomic mass is 10.1.